The Morgan fingerprint density at radius 1 is 1.29 bits per heavy atom. The summed E-state index contributed by atoms with van der Waals surface area (Å²) in [6.45, 7) is 3.67. The number of carbonyl (C=O) groups is 1. The fourth-order valence-electron chi connectivity index (χ4n) is 2.11. The third kappa shape index (κ3) is 3.05. The summed E-state index contributed by atoms with van der Waals surface area (Å²) < 4.78 is 32.8. The van der Waals surface area contributed by atoms with E-state index in [0.717, 1.165) is 17.0 Å². The molecule has 0 bridgehead atoms. The highest BCUT2D eigenvalue weighted by Gasteiger charge is 2.20. The minimum Gasteiger partial charge on any atom is -0.420 e. The second-order valence-electron chi connectivity index (χ2n) is 4.99. The zero-order valence-electron chi connectivity index (χ0n) is 12.9. The molecule has 0 saturated carbocycles. The predicted octanol–water partition coefficient (Wildman–Crippen LogP) is 4.20. The largest absolute Gasteiger partial charge is 0.420 e. The topological polar surface area (TPSA) is 68.0 Å². The maximum absolute atomic E-state index is 13.7. The number of carbonyl (C=O) groups excluding carboxylic acids is 1. The molecule has 3 rings (SSSR count). The summed E-state index contributed by atoms with van der Waals surface area (Å²) in [6.07, 6.45) is 0.619. The summed E-state index contributed by atoms with van der Waals surface area (Å²) in [7, 11) is 0. The van der Waals surface area contributed by atoms with Crippen molar-refractivity contribution in [3.63, 3.8) is 0 Å². The lowest BCUT2D eigenvalue weighted by molar-refractivity contribution is 0.101. The Morgan fingerprint density at radius 3 is 2.62 bits per heavy atom. The van der Waals surface area contributed by atoms with Crippen molar-refractivity contribution >= 4 is 22.9 Å². The smallest absolute Gasteiger partial charge is 0.261 e. The van der Waals surface area contributed by atoms with Crippen LogP contribution in [0.2, 0.25) is 0 Å². The molecular weight excluding hydrogens is 336 g/mol. The van der Waals surface area contributed by atoms with Crippen molar-refractivity contribution in [1.29, 1.82) is 0 Å². The number of hydrogen-bond donors (Lipinski definition) is 1. The average molecular weight is 349 g/mol. The van der Waals surface area contributed by atoms with E-state index in [1.54, 1.807) is 13.0 Å². The van der Waals surface area contributed by atoms with Crippen molar-refractivity contribution in [2.45, 2.75) is 20.3 Å². The summed E-state index contributed by atoms with van der Waals surface area (Å²) in [4.78, 5) is 13.6. The van der Waals surface area contributed by atoms with Crippen LogP contribution < -0.4 is 5.32 Å². The molecule has 0 fully saturated rings. The summed E-state index contributed by atoms with van der Waals surface area (Å²) in [5.74, 6) is -1.82. The molecule has 0 spiro atoms. The van der Waals surface area contributed by atoms with Gasteiger partial charge in [-0.05, 0) is 25.1 Å². The lowest BCUT2D eigenvalue weighted by atomic mass is 10.2. The van der Waals surface area contributed by atoms with Crippen LogP contribution in [0, 0.1) is 18.6 Å². The van der Waals surface area contributed by atoms with Crippen molar-refractivity contribution < 1.29 is 18.0 Å². The third-order valence-electron chi connectivity index (χ3n) is 3.34. The second-order valence-corrected chi connectivity index (χ2v) is 6.24. The molecule has 124 valence electrons. The van der Waals surface area contributed by atoms with E-state index in [1.165, 1.54) is 17.4 Å². The molecule has 1 amide bonds. The molecule has 0 atom stereocenters. The van der Waals surface area contributed by atoms with Gasteiger partial charge < -0.3 is 9.73 Å². The van der Waals surface area contributed by atoms with Crippen molar-refractivity contribution in [3.8, 4) is 10.8 Å². The minimum absolute atomic E-state index is 0.345. The van der Waals surface area contributed by atoms with E-state index in [0.29, 0.717) is 28.8 Å². The van der Waals surface area contributed by atoms with Crippen LogP contribution in [-0.2, 0) is 6.42 Å². The summed E-state index contributed by atoms with van der Waals surface area (Å²) in [5, 5.41) is 10.3. The second kappa shape index (κ2) is 6.48. The Kier molecular flexibility index (Phi) is 4.39. The highest BCUT2D eigenvalue weighted by molar-refractivity contribution is 7.15. The first-order chi connectivity index (χ1) is 11.5. The van der Waals surface area contributed by atoms with Crippen molar-refractivity contribution in [3.05, 3.63) is 52.2 Å². The van der Waals surface area contributed by atoms with E-state index >= 15 is 0 Å². The van der Waals surface area contributed by atoms with E-state index in [-0.39, 0.29) is 0 Å². The first kappa shape index (κ1) is 16.3. The van der Waals surface area contributed by atoms with Crippen LogP contribution in [-0.4, -0.2) is 16.1 Å². The van der Waals surface area contributed by atoms with Crippen LogP contribution >= 0.6 is 11.3 Å². The van der Waals surface area contributed by atoms with Crippen molar-refractivity contribution in [1.82, 2.24) is 10.2 Å². The maximum atomic E-state index is 13.7. The SMILES string of the molecule is CCc1nnc(-c2cc(NC(=O)c3c(F)cccc3F)c(C)s2)o1. The lowest BCUT2D eigenvalue weighted by Crippen LogP contribution is -2.15. The van der Waals surface area contributed by atoms with Gasteiger partial charge in [0.05, 0.1) is 10.6 Å². The van der Waals surface area contributed by atoms with Crippen LogP contribution in [0.4, 0.5) is 14.5 Å². The molecule has 1 N–H and O–H groups in total. The van der Waals surface area contributed by atoms with Gasteiger partial charge in [0.15, 0.2) is 0 Å². The number of aryl methyl sites for hydroxylation is 2. The van der Waals surface area contributed by atoms with Gasteiger partial charge >= 0.3 is 0 Å². The van der Waals surface area contributed by atoms with Gasteiger partial charge in [0.25, 0.3) is 11.8 Å². The van der Waals surface area contributed by atoms with Crippen LogP contribution in [0.5, 0.6) is 0 Å². The maximum Gasteiger partial charge on any atom is 0.261 e. The number of amides is 1. The minimum atomic E-state index is -0.912. The Balaban J connectivity index is 1.87. The highest BCUT2D eigenvalue weighted by atomic mass is 32.1. The lowest BCUT2D eigenvalue weighted by Gasteiger charge is -2.06. The first-order valence-electron chi connectivity index (χ1n) is 7.18. The molecule has 8 heteroatoms. The number of halogens is 2. The Labute approximate surface area is 140 Å². The van der Waals surface area contributed by atoms with Crippen molar-refractivity contribution in [2.24, 2.45) is 0 Å². The van der Waals surface area contributed by atoms with Gasteiger partial charge in [-0.25, -0.2) is 8.78 Å². The average Bonchev–Trinajstić information content (AvgIpc) is 3.14. The van der Waals surface area contributed by atoms with Gasteiger partial charge in [0.1, 0.15) is 17.2 Å². The molecule has 0 aliphatic carbocycles. The molecule has 0 aliphatic heterocycles. The van der Waals surface area contributed by atoms with Gasteiger partial charge in [0, 0.05) is 11.3 Å². The number of anilines is 1. The quantitative estimate of drug-likeness (QED) is 0.766. The zero-order chi connectivity index (χ0) is 17.3. The fraction of sp³-hybridized carbons (Fsp3) is 0.188. The molecular formula is C16H13F2N3O2S. The van der Waals surface area contributed by atoms with Crippen LogP contribution in [0.3, 0.4) is 0 Å². The molecule has 2 heterocycles. The molecule has 1 aromatic carbocycles. The standard InChI is InChI=1S/C16H13F2N3O2S/c1-3-13-20-21-16(23-13)12-7-11(8(2)24-12)19-15(22)14-9(17)5-4-6-10(14)18/h4-7H,3H2,1-2H3,(H,19,22). The van der Waals surface area contributed by atoms with Crippen LogP contribution in [0.15, 0.2) is 28.7 Å². The van der Waals surface area contributed by atoms with Crippen molar-refractivity contribution in [2.75, 3.05) is 5.32 Å². The summed E-state index contributed by atoms with van der Waals surface area (Å²) in [6, 6.07) is 4.92. The monoisotopic (exact) mass is 349 g/mol. The van der Waals surface area contributed by atoms with Gasteiger partial charge in [-0.2, -0.15) is 0 Å². The predicted molar refractivity (Wildman–Crippen MR) is 86.0 cm³/mol. The molecule has 3 aromatic rings. The van der Waals surface area contributed by atoms with E-state index in [4.69, 9.17) is 4.42 Å². The Morgan fingerprint density at radius 2 is 2.00 bits per heavy atom. The molecule has 24 heavy (non-hydrogen) atoms. The van der Waals surface area contributed by atoms with E-state index in [2.05, 4.69) is 15.5 Å². The molecule has 5 nitrogen and oxygen atoms in total. The zero-order valence-corrected chi connectivity index (χ0v) is 13.7. The molecule has 0 aliphatic rings. The highest BCUT2D eigenvalue weighted by Crippen LogP contribution is 2.34. The Bertz CT molecular complexity index is 884. The van der Waals surface area contributed by atoms with Crippen LogP contribution in [0.25, 0.3) is 10.8 Å². The van der Waals surface area contributed by atoms with Gasteiger partial charge in [-0.3, -0.25) is 4.79 Å². The number of rotatable bonds is 4. The van der Waals surface area contributed by atoms with E-state index in [1.807, 2.05) is 6.92 Å². The number of hydrogen-bond acceptors (Lipinski definition) is 5. The van der Waals surface area contributed by atoms with Gasteiger partial charge in [0.2, 0.25) is 5.89 Å². The number of benzene rings is 1. The number of thiophene rings is 1. The number of nitrogens with zero attached hydrogens (tertiary/aromatic N) is 2. The van der Waals surface area contributed by atoms with E-state index < -0.39 is 23.1 Å². The Hall–Kier alpha value is -2.61. The van der Waals surface area contributed by atoms with E-state index in [9.17, 15) is 13.6 Å². The summed E-state index contributed by atoms with van der Waals surface area (Å²) in [5.41, 5.74) is -0.172. The normalized spacial score (nSPS) is 10.8. The molecule has 0 saturated heterocycles. The third-order valence-corrected chi connectivity index (χ3v) is 4.37. The number of aromatic nitrogens is 2. The van der Waals surface area contributed by atoms with Gasteiger partial charge in [-0.1, -0.05) is 13.0 Å². The molecule has 0 unspecified atom stereocenters. The van der Waals surface area contributed by atoms with Gasteiger partial charge in [-0.15, -0.1) is 21.5 Å². The van der Waals surface area contributed by atoms with Crippen LogP contribution in [0.1, 0.15) is 28.0 Å². The summed E-state index contributed by atoms with van der Waals surface area (Å²) >= 11 is 1.34. The molecule has 2 aromatic heterocycles. The first-order valence-corrected chi connectivity index (χ1v) is 7.99. The molecule has 0 radical (unpaired) electrons. The fourth-order valence-corrected chi connectivity index (χ4v) is 3.00. The number of nitrogens with one attached hydrogen (secondary N) is 1.